The van der Waals surface area contributed by atoms with Crippen molar-refractivity contribution < 1.29 is 25.6 Å². The van der Waals surface area contributed by atoms with E-state index in [0.717, 1.165) is 24.5 Å². The summed E-state index contributed by atoms with van der Waals surface area (Å²) in [6.07, 6.45) is 1.19. The molecule has 0 atom stereocenters. The second-order valence-electron chi connectivity index (χ2n) is 4.62. The van der Waals surface area contributed by atoms with E-state index in [-0.39, 0.29) is 12.3 Å². The van der Waals surface area contributed by atoms with Crippen LogP contribution in [0.2, 0.25) is 0 Å². The molecule has 0 aliphatic heterocycles. The van der Waals surface area contributed by atoms with E-state index in [1.807, 2.05) is 0 Å². The zero-order chi connectivity index (χ0) is 17.0. The fourth-order valence-electron chi connectivity index (χ4n) is 1.81. The van der Waals surface area contributed by atoms with Gasteiger partial charge in [-0.1, -0.05) is 13.0 Å². The van der Waals surface area contributed by atoms with Gasteiger partial charge in [0, 0.05) is 13.1 Å². The highest BCUT2D eigenvalue weighted by Crippen LogP contribution is 2.24. The largest absolute Gasteiger partial charge is 0.263 e. The second-order valence-corrected chi connectivity index (χ2v) is 8.45. The van der Waals surface area contributed by atoms with Crippen LogP contribution in [0.3, 0.4) is 0 Å². The first-order chi connectivity index (χ1) is 10.1. The smallest absolute Gasteiger partial charge is 0.232 e. The Morgan fingerprint density at radius 3 is 2.14 bits per heavy atom. The molecule has 0 aromatic heterocycles. The zero-order valence-electron chi connectivity index (χ0n) is 12.2. The molecule has 1 rings (SSSR count). The third-order valence-electron chi connectivity index (χ3n) is 2.70. The monoisotopic (exact) mass is 356 g/mol. The van der Waals surface area contributed by atoms with Crippen molar-refractivity contribution in [3.8, 4) is 0 Å². The molecule has 0 saturated heterocycles. The van der Waals surface area contributed by atoms with E-state index in [2.05, 4.69) is 4.72 Å². The van der Waals surface area contributed by atoms with E-state index in [1.54, 1.807) is 6.92 Å². The number of benzene rings is 1. The maximum atomic E-state index is 13.7. The SMILES string of the molecule is CCCS(=O)(=O)NCCN(c1c(F)cccc1F)S(C)(=O)=O. The summed E-state index contributed by atoms with van der Waals surface area (Å²) >= 11 is 0. The highest BCUT2D eigenvalue weighted by molar-refractivity contribution is 7.92. The van der Waals surface area contributed by atoms with Crippen molar-refractivity contribution in [2.75, 3.05) is 29.4 Å². The van der Waals surface area contributed by atoms with Crippen LogP contribution >= 0.6 is 0 Å². The van der Waals surface area contributed by atoms with Crippen molar-refractivity contribution in [3.63, 3.8) is 0 Å². The van der Waals surface area contributed by atoms with Crippen molar-refractivity contribution in [1.29, 1.82) is 0 Å². The molecule has 0 spiro atoms. The molecule has 22 heavy (non-hydrogen) atoms. The molecule has 1 aromatic carbocycles. The molecule has 10 heteroatoms. The second kappa shape index (κ2) is 7.34. The molecule has 1 N–H and O–H groups in total. The number of halogens is 2. The standard InChI is InChI=1S/C12H18F2N2O4S2/c1-3-9-22(19,20)15-7-8-16(21(2,17)18)12-10(13)5-4-6-11(12)14/h4-6,15H,3,7-9H2,1-2H3. The number of rotatable bonds is 8. The third kappa shape index (κ3) is 5.18. The molecule has 6 nitrogen and oxygen atoms in total. The lowest BCUT2D eigenvalue weighted by Gasteiger charge is -2.23. The Kier molecular flexibility index (Phi) is 6.27. The first-order valence-electron chi connectivity index (χ1n) is 6.47. The molecular formula is C12H18F2N2O4S2. The lowest BCUT2D eigenvalue weighted by Crippen LogP contribution is -2.39. The minimum absolute atomic E-state index is 0.111. The van der Waals surface area contributed by atoms with E-state index >= 15 is 0 Å². The quantitative estimate of drug-likeness (QED) is 0.755. The van der Waals surface area contributed by atoms with Gasteiger partial charge in [-0.15, -0.1) is 0 Å². The van der Waals surface area contributed by atoms with Gasteiger partial charge in [-0.3, -0.25) is 4.31 Å². The number of para-hydroxylation sites is 1. The predicted octanol–water partition coefficient (Wildman–Crippen LogP) is 1.06. The molecule has 0 aliphatic carbocycles. The lowest BCUT2D eigenvalue weighted by molar-refractivity contribution is 0.564. The van der Waals surface area contributed by atoms with Gasteiger partial charge in [-0.2, -0.15) is 0 Å². The molecule has 0 unspecified atom stereocenters. The molecule has 0 fully saturated rings. The van der Waals surface area contributed by atoms with Gasteiger partial charge >= 0.3 is 0 Å². The van der Waals surface area contributed by atoms with Crippen LogP contribution in [0.1, 0.15) is 13.3 Å². The first-order valence-corrected chi connectivity index (χ1v) is 9.97. The van der Waals surface area contributed by atoms with E-state index in [1.165, 1.54) is 0 Å². The number of anilines is 1. The summed E-state index contributed by atoms with van der Waals surface area (Å²) in [5.41, 5.74) is -0.723. The normalized spacial score (nSPS) is 12.4. The van der Waals surface area contributed by atoms with Gasteiger partial charge in [0.25, 0.3) is 0 Å². The van der Waals surface area contributed by atoms with Crippen LogP contribution in [0.4, 0.5) is 14.5 Å². The highest BCUT2D eigenvalue weighted by Gasteiger charge is 2.24. The Hall–Kier alpha value is -1.26. The average Bonchev–Trinajstić information content (AvgIpc) is 2.35. The molecule has 1 aromatic rings. The van der Waals surface area contributed by atoms with Gasteiger partial charge < -0.3 is 0 Å². The minimum atomic E-state index is -3.97. The summed E-state index contributed by atoms with van der Waals surface area (Å²) in [4.78, 5) is 0. The summed E-state index contributed by atoms with van der Waals surface area (Å²) in [6.45, 7) is 0.972. The molecule has 0 heterocycles. The van der Waals surface area contributed by atoms with Gasteiger partial charge in [0.15, 0.2) is 11.6 Å². The molecule has 0 aliphatic rings. The molecule has 0 radical (unpaired) electrons. The van der Waals surface area contributed by atoms with Crippen LogP contribution in [0.25, 0.3) is 0 Å². The molecule has 126 valence electrons. The Bertz CT molecular complexity index is 700. The first kappa shape index (κ1) is 18.8. The summed E-state index contributed by atoms with van der Waals surface area (Å²) in [5, 5.41) is 0. The van der Waals surface area contributed by atoms with Gasteiger partial charge in [-0.25, -0.2) is 30.3 Å². The van der Waals surface area contributed by atoms with Crippen molar-refractivity contribution in [1.82, 2.24) is 4.72 Å². The van der Waals surface area contributed by atoms with Crippen molar-refractivity contribution in [2.45, 2.75) is 13.3 Å². The molecular weight excluding hydrogens is 338 g/mol. The van der Waals surface area contributed by atoms with Crippen LogP contribution in [0.5, 0.6) is 0 Å². The topological polar surface area (TPSA) is 83.6 Å². The number of hydrogen-bond acceptors (Lipinski definition) is 4. The maximum Gasteiger partial charge on any atom is 0.232 e. The Morgan fingerprint density at radius 1 is 1.14 bits per heavy atom. The molecule has 0 amide bonds. The van der Waals surface area contributed by atoms with Crippen LogP contribution in [-0.2, 0) is 20.0 Å². The zero-order valence-corrected chi connectivity index (χ0v) is 13.8. The van der Waals surface area contributed by atoms with Crippen LogP contribution < -0.4 is 9.03 Å². The van der Waals surface area contributed by atoms with E-state index in [4.69, 9.17) is 0 Å². The van der Waals surface area contributed by atoms with E-state index in [0.29, 0.717) is 10.7 Å². The fourth-order valence-corrected chi connectivity index (χ4v) is 3.83. The fraction of sp³-hybridized carbons (Fsp3) is 0.500. The van der Waals surface area contributed by atoms with E-state index < -0.39 is 43.9 Å². The summed E-state index contributed by atoms with van der Waals surface area (Å²) in [6, 6.07) is 2.97. The Morgan fingerprint density at radius 2 is 1.68 bits per heavy atom. The van der Waals surface area contributed by atoms with Crippen molar-refractivity contribution in [3.05, 3.63) is 29.8 Å². The van der Waals surface area contributed by atoms with Gasteiger partial charge in [0.2, 0.25) is 20.0 Å². The van der Waals surface area contributed by atoms with Gasteiger partial charge in [0.1, 0.15) is 5.69 Å². The van der Waals surface area contributed by atoms with Crippen molar-refractivity contribution >= 4 is 25.7 Å². The third-order valence-corrected chi connectivity index (χ3v) is 5.45. The number of nitrogens with one attached hydrogen (secondary N) is 1. The Balaban J connectivity index is 2.98. The van der Waals surface area contributed by atoms with E-state index in [9.17, 15) is 25.6 Å². The minimum Gasteiger partial charge on any atom is -0.263 e. The maximum absolute atomic E-state index is 13.7. The number of nitrogens with zero attached hydrogens (tertiary/aromatic N) is 1. The van der Waals surface area contributed by atoms with Crippen LogP contribution in [0.15, 0.2) is 18.2 Å². The van der Waals surface area contributed by atoms with Crippen molar-refractivity contribution in [2.24, 2.45) is 0 Å². The summed E-state index contributed by atoms with van der Waals surface area (Å²) < 4.78 is 76.6. The number of sulfonamides is 2. The molecule has 0 saturated carbocycles. The van der Waals surface area contributed by atoms with Crippen LogP contribution in [0, 0.1) is 11.6 Å². The summed E-state index contributed by atoms with van der Waals surface area (Å²) in [7, 11) is -7.51. The molecule has 0 bridgehead atoms. The van der Waals surface area contributed by atoms with Crippen LogP contribution in [-0.4, -0.2) is 41.9 Å². The Labute approximate surface area is 129 Å². The van der Waals surface area contributed by atoms with Gasteiger partial charge in [0.05, 0.1) is 12.0 Å². The number of hydrogen-bond donors (Lipinski definition) is 1. The highest BCUT2D eigenvalue weighted by atomic mass is 32.2. The van der Waals surface area contributed by atoms with Gasteiger partial charge in [-0.05, 0) is 18.6 Å². The lowest BCUT2D eigenvalue weighted by atomic mass is 10.3. The predicted molar refractivity (Wildman–Crippen MR) is 80.6 cm³/mol. The average molecular weight is 356 g/mol. The summed E-state index contributed by atoms with van der Waals surface area (Å²) in [5.74, 6) is -2.19.